The summed E-state index contributed by atoms with van der Waals surface area (Å²) in [7, 11) is 0. The molecule has 1 N–H and O–H groups in total. The van der Waals surface area contributed by atoms with E-state index in [2.05, 4.69) is 26.1 Å². The van der Waals surface area contributed by atoms with Gasteiger partial charge in [0.1, 0.15) is 6.10 Å². The Kier molecular flexibility index (Phi) is 3.91. The number of hydrogen-bond acceptors (Lipinski definition) is 4. The van der Waals surface area contributed by atoms with Crippen LogP contribution in [0.2, 0.25) is 0 Å². The van der Waals surface area contributed by atoms with Gasteiger partial charge in [0.2, 0.25) is 5.82 Å². The highest BCUT2D eigenvalue weighted by atomic mass is 79.9. The molecule has 0 spiro atoms. The van der Waals surface area contributed by atoms with Crippen molar-refractivity contribution >= 4 is 15.9 Å². The summed E-state index contributed by atoms with van der Waals surface area (Å²) in [6, 6.07) is 7.60. The molecule has 2 aromatic rings. The predicted octanol–water partition coefficient (Wildman–Crippen LogP) is 3.33. The predicted molar refractivity (Wildman–Crippen MR) is 67.3 cm³/mol. The second-order valence-corrected chi connectivity index (χ2v) is 4.60. The lowest BCUT2D eigenvalue weighted by molar-refractivity contribution is 0.153. The van der Waals surface area contributed by atoms with Crippen LogP contribution in [-0.4, -0.2) is 15.2 Å². The van der Waals surface area contributed by atoms with Gasteiger partial charge in [-0.3, -0.25) is 0 Å². The number of rotatable bonds is 4. The molecule has 0 amide bonds. The summed E-state index contributed by atoms with van der Waals surface area (Å²) in [6.45, 7) is 2.00. The van der Waals surface area contributed by atoms with Gasteiger partial charge < -0.3 is 9.63 Å². The molecule has 5 heteroatoms. The molecule has 2 rings (SSSR count). The van der Waals surface area contributed by atoms with E-state index in [-0.39, 0.29) is 0 Å². The van der Waals surface area contributed by atoms with Crippen molar-refractivity contribution in [2.45, 2.75) is 25.9 Å². The highest BCUT2D eigenvalue weighted by molar-refractivity contribution is 9.10. The SMILES string of the molecule is CCCC(O)c1noc(-c2ccccc2Br)n1. The van der Waals surface area contributed by atoms with Gasteiger partial charge >= 0.3 is 0 Å². The van der Waals surface area contributed by atoms with Gasteiger partial charge in [-0.25, -0.2) is 0 Å². The molecule has 1 unspecified atom stereocenters. The minimum Gasteiger partial charge on any atom is -0.385 e. The number of aliphatic hydroxyl groups is 1. The molecule has 17 heavy (non-hydrogen) atoms. The molecule has 1 atom stereocenters. The van der Waals surface area contributed by atoms with E-state index in [4.69, 9.17) is 4.52 Å². The van der Waals surface area contributed by atoms with Crippen LogP contribution in [0.5, 0.6) is 0 Å². The molecule has 0 fully saturated rings. The highest BCUT2D eigenvalue weighted by Gasteiger charge is 2.16. The molecule has 0 saturated heterocycles. The maximum Gasteiger partial charge on any atom is 0.259 e. The van der Waals surface area contributed by atoms with E-state index in [1.165, 1.54) is 0 Å². The standard InChI is InChI=1S/C12H13BrN2O2/c1-2-5-10(16)11-14-12(17-15-11)8-6-3-4-7-9(8)13/h3-4,6-7,10,16H,2,5H2,1H3. The molecule has 1 heterocycles. The Morgan fingerprint density at radius 1 is 1.41 bits per heavy atom. The van der Waals surface area contributed by atoms with Crippen LogP contribution in [0.15, 0.2) is 33.3 Å². The van der Waals surface area contributed by atoms with Crippen LogP contribution in [0.3, 0.4) is 0 Å². The van der Waals surface area contributed by atoms with E-state index < -0.39 is 6.10 Å². The molecule has 0 aliphatic carbocycles. The quantitative estimate of drug-likeness (QED) is 0.940. The summed E-state index contributed by atoms with van der Waals surface area (Å²) >= 11 is 3.42. The fourth-order valence-electron chi connectivity index (χ4n) is 1.52. The Morgan fingerprint density at radius 2 is 2.18 bits per heavy atom. The number of hydrogen-bond donors (Lipinski definition) is 1. The molecule has 0 radical (unpaired) electrons. The first-order chi connectivity index (χ1) is 8.22. The fourth-order valence-corrected chi connectivity index (χ4v) is 1.97. The normalized spacial score (nSPS) is 12.6. The Balaban J connectivity index is 2.27. The zero-order chi connectivity index (χ0) is 12.3. The van der Waals surface area contributed by atoms with E-state index in [1.807, 2.05) is 31.2 Å². The molecule has 0 saturated carbocycles. The van der Waals surface area contributed by atoms with E-state index in [1.54, 1.807) is 0 Å². The summed E-state index contributed by atoms with van der Waals surface area (Å²) in [5.74, 6) is 0.764. The van der Waals surface area contributed by atoms with Crippen molar-refractivity contribution in [3.63, 3.8) is 0 Å². The van der Waals surface area contributed by atoms with Gasteiger partial charge in [-0.1, -0.05) is 30.6 Å². The number of aliphatic hydroxyl groups excluding tert-OH is 1. The van der Waals surface area contributed by atoms with Crippen molar-refractivity contribution in [2.75, 3.05) is 0 Å². The average molecular weight is 297 g/mol. The minimum atomic E-state index is -0.653. The summed E-state index contributed by atoms with van der Waals surface area (Å²) in [5.41, 5.74) is 0.829. The van der Waals surface area contributed by atoms with Crippen LogP contribution in [0, 0.1) is 0 Å². The summed E-state index contributed by atoms with van der Waals surface area (Å²) in [6.07, 6.45) is 0.856. The van der Waals surface area contributed by atoms with E-state index in [0.717, 1.165) is 16.5 Å². The van der Waals surface area contributed by atoms with Crippen molar-refractivity contribution in [1.29, 1.82) is 0 Å². The lowest BCUT2D eigenvalue weighted by Gasteiger charge is -2.01. The highest BCUT2D eigenvalue weighted by Crippen LogP contribution is 2.27. The number of halogens is 1. The molecule has 4 nitrogen and oxygen atoms in total. The first-order valence-electron chi connectivity index (χ1n) is 5.49. The molecular weight excluding hydrogens is 284 g/mol. The van der Waals surface area contributed by atoms with E-state index in [9.17, 15) is 5.11 Å². The average Bonchev–Trinajstić information content (AvgIpc) is 2.79. The van der Waals surface area contributed by atoms with Gasteiger partial charge in [-0.15, -0.1) is 0 Å². The maximum absolute atomic E-state index is 9.75. The summed E-state index contributed by atoms with van der Waals surface area (Å²) in [4.78, 5) is 4.20. The topological polar surface area (TPSA) is 59.2 Å². The van der Waals surface area contributed by atoms with E-state index >= 15 is 0 Å². The number of aromatic nitrogens is 2. The minimum absolute atomic E-state index is 0.345. The van der Waals surface area contributed by atoms with Crippen LogP contribution < -0.4 is 0 Å². The Morgan fingerprint density at radius 3 is 2.88 bits per heavy atom. The molecule has 0 aliphatic heterocycles. The zero-order valence-electron chi connectivity index (χ0n) is 9.43. The summed E-state index contributed by atoms with van der Waals surface area (Å²) < 4.78 is 6.04. The second-order valence-electron chi connectivity index (χ2n) is 3.74. The van der Waals surface area contributed by atoms with Crippen LogP contribution in [0.25, 0.3) is 11.5 Å². The Hall–Kier alpha value is -1.20. The van der Waals surface area contributed by atoms with Gasteiger partial charge in [0.15, 0.2) is 0 Å². The largest absolute Gasteiger partial charge is 0.385 e. The van der Waals surface area contributed by atoms with Crippen molar-refractivity contribution in [1.82, 2.24) is 10.1 Å². The zero-order valence-corrected chi connectivity index (χ0v) is 11.0. The third kappa shape index (κ3) is 2.73. The van der Waals surface area contributed by atoms with Gasteiger partial charge in [-0.05, 0) is 34.5 Å². The number of nitrogens with zero attached hydrogens (tertiary/aromatic N) is 2. The van der Waals surface area contributed by atoms with Crippen LogP contribution in [-0.2, 0) is 0 Å². The Labute approximate surface area is 108 Å². The van der Waals surface area contributed by atoms with E-state index in [0.29, 0.717) is 18.1 Å². The maximum atomic E-state index is 9.75. The first-order valence-corrected chi connectivity index (χ1v) is 6.28. The van der Waals surface area contributed by atoms with Gasteiger partial charge in [0.05, 0.1) is 5.56 Å². The molecule has 0 bridgehead atoms. The third-order valence-corrected chi connectivity index (χ3v) is 3.10. The molecule has 0 aliphatic rings. The van der Waals surface area contributed by atoms with Crippen LogP contribution in [0.4, 0.5) is 0 Å². The molecule has 90 valence electrons. The van der Waals surface area contributed by atoms with Crippen LogP contribution >= 0.6 is 15.9 Å². The van der Waals surface area contributed by atoms with Crippen molar-refractivity contribution in [3.05, 3.63) is 34.6 Å². The van der Waals surface area contributed by atoms with Crippen LogP contribution in [0.1, 0.15) is 31.7 Å². The molecule has 1 aromatic heterocycles. The van der Waals surface area contributed by atoms with Gasteiger partial charge in [0.25, 0.3) is 5.89 Å². The third-order valence-electron chi connectivity index (χ3n) is 2.41. The molecule has 1 aromatic carbocycles. The fraction of sp³-hybridized carbons (Fsp3) is 0.333. The lowest BCUT2D eigenvalue weighted by atomic mass is 10.2. The monoisotopic (exact) mass is 296 g/mol. The van der Waals surface area contributed by atoms with Gasteiger partial charge in [-0.2, -0.15) is 4.98 Å². The Bertz CT molecular complexity index is 499. The second kappa shape index (κ2) is 5.42. The lowest BCUT2D eigenvalue weighted by Crippen LogP contribution is -1.98. The van der Waals surface area contributed by atoms with Crippen molar-refractivity contribution in [2.24, 2.45) is 0 Å². The smallest absolute Gasteiger partial charge is 0.259 e. The van der Waals surface area contributed by atoms with Crippen molar-refractivity contribution in [3.8, 4) is 11.5 Å². The van der Waals surface area contributed by atoms with Crippen molar-refractivity contribution < 1.29 is 9.63 Å². The summed E-state index contributed by atoms with van der Waals surface area (Å²) in [5, 5.41) is 13.5. The van der Waals surface area contributed by atoms with Gasteiger partial charge in [0, 0.05) is 4.47 Å². The first kappa shape index (κ1) is 12.3. The molecular formula is C12H13BrN2O2. The number of benzene rings is 1.